The highest BCUT2D eigenvalue weighted by atomic mass is 16.3. The Morgan fingerprint density at radius 2 is 2.00 bits per heavy atom. The van der Waals surface area contributed by atoms with Gasteiger partial charge in [-0.1, -0.05) is 23.8 Å². The van der Waals surface area contributed by atoms with Crippen molar-refractivity contribution in [3.8, 4) is 0 Å². The molecular weight excluding hydrogens is 172 g/mol. The zero-order valence-electron chi connectivity index (χ0n) is 9.01. The fraction of sp³-hybridized carbons (Fsp3) is 0.538. The second-order valence-electron chi connectivity index (χ2n) is 4.68. The van der Waals surface area contributed by atoms with Crippen molar-refractivity contribution in [2.24, 2.45) is 0 Å². The van der Waals surface area contributed by atoms with E-state index >= 15 is 0 Å². The second-order valence-corrected chi connectivity index (χ2v) is 4.68. The fourth-order valence-corrected chi connectivity index (χ4v) is 2.11. The van der Waals surface area contributed by atoms with Crippen LogP contribution >= 0.6 is 0 Å². The monoisotopic (exact) mass is 190 g/mol. The summed E-state index contributed by atoms with van der Waals surface area (Å²) in [6, 6.07) is 6.47. The van der Waals surface area contributed by atoms with Crippen molar-refractivity contribution >= 4 is 0 Å². The lowest BCUT2D eigenvalue weighted by Crippen LogP contribution is -2.39. The number of benzene rings is 1. The van der Waals surface area contributed by atoms with Gasteiger partial charge in [0, 0.05) is 6.42 Å². The van der Waals surface area contributed by atoms with Crippen molar-refractivity contribution in [1.82, 2.24) is 0 Å². The Labute approximate surface area is 85.8 Å². The molecule has 0 heterocycles. The van der Waals surface area contributed by atoms with Gasteiger partial charge in [0.25, 0.3) is 0 Å². The van der Waals surface area contributed by atoms with Gasteiger partial charge in [0.05, 0.1) is 5.60 Å². The summed E-state index contributed by atoms with van der Waals surface area (Å²) in [4.78, 5) is 0. The van der Waals surface area contributed by atoms with Crippen LogP contribution in [0.25, 0.3) is 0 Å². The van der Waals surface area contributed by atoms with Gasteiger partial charge >= 0.3 is 0 Å². The highest BCUT2D eigenvalue weighted by molar-refractivity contribution is 5.31. The summed E-state index contributed by atoms with van der Waals surface area (Å²) in [6.07, 6.45) is 3.96. The van der Waals surface area contributed by atoms with Crippen LogP contribution in [0.15, 0.2) is 18.2 Å². The van der Waals surface area contributed by atoms with Crippen LogP contribution in [0.3, 0.4) is 0 Å². The predicted molar refractivity (Wildman–Crippen MR) is 58.4 cm³/mol. The third-order valence-corrected chi connectivity index (χ3v) is 3.31. The van der Waals surface area contributed by atoms with Gasteiger partial charge in [-0.3, -0.25) is 0 Å². The van der Waals surface area contributed by atoms with Crippen LogP contribution in [0, 0.1) is 13.8 Å². The van der Waals surface area contributed by atoms with E-state index in [1.165, 1.54) is 23.1 Å². The number of hydrogen-bond acceptors (Lipinski definition) is 1. The molecule has 1 fully saturated rings. The summed E-state index contributed by atoms with van der Waals surface area (Å²) < 4.78 is 0. The Hall–Kier alpha value is -0.820. The summed E-state index contributed by atoms with van der Waals surface area (Å²) in [6.45, 7) is 4.23. The molecule has 0 aliphatic heterocycles. The first-order chi connectivity index (χ1) is 6.59. The normalized spacial score (nSPS) is 19.1. The topological polar surface area (TPSA) is 20.2 Å². The molecule has 0 atom stereocenters. The van der Waals surface area contributed by atoms with Gasteiger partial charge in [-0.15, -0.1) is 0 Å². The Morgan fingerprint density at radius 1 is 1.29 bits per heavy atom. The van der Waals surface area contributed by atoms with Crippen molar-refractivity contribution in [2.45, 2.75) is 45.1 Å². The Balaban J connectivity index is 2.19. The van der Waals surface area contributed by atoms with Crippen molar-refractivity contribution in [3.63, 3.8) is 0 Å². The lowest BCUT2D eigenvalue weighted by Gasteiger charge is -2.37. The van der Waals surface area contributed by atoms with E-state index in [9.17, 15) is 5.11 Å². The summed E-state index contributed by atoms with van der Waals surface area (Å²) in [5, 5.41) is 10.1. The van der Waals surface area contributed by atoms with Gasteiger partial charge in [-0.05, 0) is 44.2 Å². The van der Waals surface area contributed by atoms with Crippen LogP contribution in [-0.4, -0.2) is 10.7 Å². The van der Waals surface area contributed by atoms with Gasteiger partial charge in [0.2, 0.25) is 0 Å². The van der Waals surface area contributed by atoms with Gasteiger partial charge in [0.15, 0.2) is 0 Å². The Kier molecular flexibility index (Phi) is 2.36. The largest absolute Gasteiger partial charge is 0.390 e. The molecule has 0 unspecified atom stereocenters. The van der Waals surface area contributed by atoms with Gasteiger partial charge < -0.3 is 5.11 Å². The number of rotatable bonds is 2. The summed E-state index contributed by atoms with van der Waals surface area (Å²) in [5.74, 6) is 0. The predicted octanol–water partition coefficient (Wildman–Crippen LogP) is 2.76. The maximum Gasteiger partial charge on any atom is 0.0688 e. The molecule has 1 saturated carbocycles. The van der Waals surface area contributed by atoms with Gasteiger partial charge in [-0.2, -0.15) is 0 Å². The molecule has 0 amide bonds. The first-order valence-corrected chi connectivity index (χ1v) is 5.38. The first-order valence-electron chi connectivity index (χ1n) is 5.38. The summed E-state index contributed by atoms with van der Waals surface area (Å²) in [7, 11) is 0. The number of aryl methyl sites for hydroxylation is 2. The smallest absolute Gasteiger partial charge is 0.0688 e. The average molecular weight is 190 g/mol. The minimum Gasteiger partial charge on any atom is -0.390 e. The molecule has 1 N–H and O–H groups in total. The Bertz CT molecular complexity index is 337. The van der Waals surface area contributed by atoms with Crippen LogP contribution in [-0.2, 0) is 6.42 Å². The molecule has 0 radical (unpaired) electrons. The lowest BCUT2D eigenvalue weighted by molar-refractivity contribution is -0.0324. The van der Waals surface area contributed by atoms with Gasteiger partial charge in [-0.25, -0.2) is 0 Å². The molecule has 2 rings (SSSR count). The van der Waals surface area contributed by atoms with E-state index in [4.69, 9.17) is 0 Å². The number of aliphatic hydroxyl groups is 1. The molecule has 76 valence electrons. The third-order valence-electron chi connectivity index (χ3n) is 3.31. The molecule has 0 saturated heterocycles. The fourth-order valence-electron chi connectivity index (χ4n) is 2.11. The first kappa shape index (κ1) is 9.72. The molecular formula is C13H18O. The quantitative estimate of drug-likeness (QED) is 0.760. The van der Waals surface area contributed by atoms with Gasteiger partial charge in [0.1, 0.15) is 0 Å². The molecule has 0 bridgehead atoms. The molecule has 1 aliphatic carbocycles. The summed E-state index contributed by atoms with van der Waals surface area (Å²) in [5.41, 5.74) is 3.51. The van der Waals surface area contributed by atoms with Crippen LogP contribution < -0.4 is 0 Å². The molecule has 0 spiro atoms. The van der Waals surface area contributed by atoms with E-state index in [-0.39, 0.29) is 0 Å². The van der Waals surface area contributed by atoms with E-state index < -0.39 is 5.60 Å². The molecule has 1 aromatic carbocycles. The lowest BCUT2D eigenvalue weighted by atomic mass is 9.75. The molecule has 1 heteroatoms. The SMILES string of the molecule is Cc1ccc(C)c(CC2(O)CCC2)c1. The average Bonchev–Trinajstić information content (AvgIpc) is 2.09. The van der Waals surface area contributed by atoms with Crippen LogP contribution in [0.5, 0.6) is 0 Å². The highest BCUT2D eigenvalue weighted by Crippen LogP contribution is 2.35. The highest BCUT2D eigenvalue weighted by Gasteiger charge is 2.34. The van der Waals surface area contributed by atoms with E-state index in [1.54, 1.807) is 0 Å². The van der Waals surface area contributed by atoms with E-state index in [0.717, 1.165) is 19.3 Å². The maximum atomic E-state index is 10.1. The molecule has 1 aliphatic rings. The molecule has 14 heavy (non-hydrogen) atoms. The maximum absolute atomic E-state index is 10.1. The van der Waals surface area contributed by atoms with Crippen molar-refractivity contribution in [1.29, 1.82) is 0 Å². The number of hydrogen-bond donors (Lipinski definition) is 1. The van der Waals surface area contributed by atoms with E-state index in [2.05, 4.69) is 32.0 Å². The van der Waals surface area contributed by atoms with Crippen LogP contribution in [0.1, 0.15) is 36.0 Å². The minimum absolute atomic E-state index is 0.390. The minimum atomic E-state index is -0.390. The standard InChI is InChI=1S/C13H18O/c1-10-4-5-11(2)12(8-10)9-13(14)6-3-7-13/h4-5,8,14H,3,6-7,9H2,1-2H3. The third kappa shape index (κ3) is 1.83. The molecule has 0 aromatic heterocycles. The van der Waals surface area contributed by atoms with Crippen molar-refractivity contribution < 1.29 is 5.11 Å². The van der Waals surface area contributed by atoms with Crippen LogP contribution in [0.4, 0.5) is 0 Å². The van der Waals surface area contributed by atoms with Crippen LogP contribution in [0.2, 0.25) is 0 Å². The zero-order chi connectivity index (χ0) is 10.2. The van der Waals surface area contributed by atoms with E-state index in [0.29, 0.717) is 0 Å². The summed E-state index contributed by atoms with van der Waals surface area (Å²) >= 11 is 0. The molecule has 1 aromatic rings. The Morgan fingerprint density at radius 3 is 2.57 bits per heavy atom. The zero-order valence-corrected chi connectivity index (χ0v) is 9.01. The van der Waals surface area contributed by atoms with Crippen molar-refractivity contribution in [2.75, 3.05) is 0 Å². The van der Waals surface area contributed by atoms with E-state index in [1.807, 2.05) is 0 Å². The molecule has 1 nitrogen and oxygen atoms in total. The van der Waals surface area contributed by atoms with Crippen molar-refractivity contribution in [3.05, 3.63) is 34.9 Å². The second kappa shape index (κ2) is 3.39.